The van der Waals surface area contributed by atoms with Gasteiger partial charge in [0, 0.05) is 18.9 Å². The molecule has 0 aliphatic heterocycles. The zero-order chi connectivity index (χ0) is 20.4. The summed E-state index contributed by atoms with van der Waals surface area (Å²) < 4.78 is 47.2. The number of nitrogens with one attached hydrogen (secondary N) is 1. The zero-order valence-corrected chi connectivity index (χ0v) is 17.1. The minimum absolute atomic E-state index is 0.218. The van der Waals surface area contributed by atoms with Crippen LogP contribution in [0.15, 0.2) is 53.4 Å². The Hall–Kier alpha value is -2.39. The van der Waals surface area contributed by atoms with E-state index in [9.17, 15) is 21.6 Å². The second-order valence-electron chi connectivity index (χ2n) is 6.31. The number of amides is 1. The summed E-state index contributed by atoms with van der Waals surface area (Å²) in [5.41, 5.74) is 1.61. The third-order valence-electron chi connectivity index (χ3n) is 4.15. The first kappa shape index (κ1) is 20.9. The van der Waals surface area contributed by atoms with Crippen molar-refractivity contribution in [1.29, 1.82) is 0 Å². The second-order valence-corrected chi connectivity index (χ2v) is 10.3. The van der Waals surface area contributed by atoms with Crippen LogP contribution in [0.4, 0.5) is 5.69 Å². The highest BCUT2D eigenvalue weighted by Crippen LogP contribution is 2.19. The lowest BCUT2D eigenvalue weighted by atomic mass is 10.1. The van der Waals surface area contributed by atoms with E-state index in [2.05, 4.69) is 5.32 Å². The highest BCUT2D eigenvalue weighted by molar-refractivity contribution is 7.92. The summed E-state index contributed by atoms with van der Waals surface area (Å²) in [6.07, 6.45) is 2.24. The molecule has 1 atom stereocenters. The molecule has 0 fully saturated rings. The fourth-order valence-electron chi connectivity index (χ4n) is 2.38. The number of sulfonamides is 1. The maximum Gasteiger partial charge on any atom is 0.251 e. The van der Waals surface area contributed by atoms with E-state index in [0.29, 0.717) is 11.3 Å². The average molecular weight is 411 g/mol. The van der Waals surface area contributed by atoms with Crippen LogP contribution in [0.5, 0.6) is 0 Å². The van der Waals surface area contributed by atoms with E-state index in [4.69, 9.17) is 0 Å². The van der Waals surface area contributed by atoms with Gasteiger partial charge < -0.3 is 5.32 Å². The van der Waals surface area contributed by atoms with Gasteiger partial charge in [-0.25, -0.2) is 16.8 Å². The van der Waals surface area contributed by atoms with Crippen LogP contribution >= 0.6 is 0 Å². The monoisotopic (exact) mass is 410 g/mol. The molecular weight excluding hydrogens is 388 g/mol. The number of carbonyl (C=O) groups excluding carboxylic acids is 1. The van der Waals surface area contributed by atoms with Crippen molar-refractivity contribution in [3.05, 3.63) is 59.7 Å². The normalized spacial score (nSPS) is 13.0. The van der Waals surface area contributed by atoms with Crippen molar-refractivity contribution in [1.82, 2.24) is 5.32 Å². The molecule has 1 N–H and O–H groups in total. The van der Waals surface area contributed by atoms with Crippen molar-refractivity contribution in [2.45, 2.75) is 17.9 Å². The highest BCUT2D eigenvalue weighted by atomic mass is 32.2. The van der Waals surface area contributed by atoms with Crippen LogP contribution in [-0.2, 0) is 19.9 Å². The molecule has 27 heavy (non-hydrogen) atoms. The van der Waals surface area contributed by atoms with E-state index in [0.717, 1.165) is 22.4 Å². The standard InChI is InChI=1S/C18H22N2O5S2/c1-13(14-7-11-17(12-8-14)26(3,22)23)19-18(21)15-5-9-16(10-6-15)20(2)27(4,24)25/h5-13H,1-4H3,(H,19,21)/t13-/m0/s1. The van der Waals surface area contributed by atoms with Gasteiger partial charge in [0.1, 0.15) is 0 Å². The Kier molecular flexibility index (Phi) is 5.96. The molecule has 0 bridgehead atoms. The molecule has 0 saturated heterocycles. The van der Waals surface area contributed by atoms with Gasteiger partial charge in [-0.15, -0.1) is 0 Å². The van der Waals surface area contributed by atoms with E-state index in [-0.39, 0.29) is 16.8 Å². The second kappa shape index (κ2) is 7.69. The van der Waals surface area contributed by atoms with E-state index < -0.39 is 19.9 Å². The number of hydrogen-bond acceptors (Lipinski definition) is 5. The number of benzene rings is 2. The summed E-state index contributed by atoms with van der Waals surface area (Å²) in [6, 6.07) is 12.2. The first-order valence-corrected chi connectivity index (χ1v) is 11.8. The molecule has 2 aromatic carbocycles. The van der Waals surface area contributed by atoms with Crippen molar-refractivity contribution < 1.29 is 21.6 Å². The molecule has 0 aromatic heterocycles. The van der Waals surface area contributed by atoms with Gasteiger partial charge in [-0.1, -0.05) is 12.1 Å². The summed E-state index contributed by atoms with van der Waals surface area (Å²) in [4.78, 5) is 12.6. The minimum atomic E-state index is -3.37. The maximum absolute atomic E-state index is 12.4. The Bertz CT molecular complexity index is 1030. The third-order valence-corrected chi connectivity index (χ3v) is 6.48. The number of anilines is 1. The molecule has 0 radical (unpaired) electrons. The Balaban J connectivity index is 2.10. The van der Waals surface area contributed by atoms with E-state index in [1.807, 2.05) is 0 Å². The number of nitrogens with zero attached hydrogens (tertiary/aromatic N) is 1. The largest absolute Gasteiger partial charge is 0.346 e. The van der Waals surface area contributed by atoms with Gasteiger partial charge in [-0.3, -0.25) is 9.10 Å². The molecule has 9 heteroatoms. The van der Waals surface area contributed by atoms with Crippen molar-refractivity contribution in [3.63, 3.8) is 0 Å². The molecule has 0 saturated carbocycles. The quantitative estimate of drug-likeness (QED) is 0.785. The molecule has 7 nitrogen and oxygen atoms in total. The highest BCUT2D eigenvalue weighted by Gasteiger charge is 2.15. The van der Waals surface area contributed by atoms with Crippen LogP contribution in [0, 0.1) is 0 Å². The molecule has 146 valence electrons. The summed E-state index contributed by atoms with van der Waals surface area (Å²) >= 11 is 0. The van der Waals surface area contributed by atoms with Crippen LogP contribution < -0.4 is 9.62 Å². The first-order valence-electron chi connectivity index (χ1n) is 8.04. The minimum Gasteiger partial charge on any atom is -0.346 e. The van der Waals surface area contributed by atoms with Gasteiger partial charge in [0.25, 0.3) is 5.91 Å². The Labute approximate surface area is 160 Å². The predicted octanol–water partition coefficient (Wildman–Crippen LogP) is 1.98. The smallest absolute Gasteiger partial charge is 0.251 e. The summed E-state index contributed by atoms with van der Waals surface area (Å²) in [6.45, 7) is 1.79. The average Bonchev–Trinajstić information content (AvgIpc) is 2.59. The van der Waals surface area contributed by atoms with Gasteiger partial charge in [-0.2, -0.15) is 0 Å². The summed E-state index contributed by atoms with van der Waals surface area (Å²) in [7, 11) is -5.20. The van der Waals surface area contributed by atoms with Crippen LogP contribution in [0.25, 0.3) is 0 Å². The van der Waals surface area contributed by atoms with Crippen molar-refractivity contribution in [2.24, 2.45) is 0 Å². The number of hydrogen-bond donors (Lipinski definition) is 1. The van der Waals surface area contributed by atoms with Gasteiger partial charge in [0.05, 0.1) is 22.9 Å². The van der Waals surface area contributed by atoms with Crippen LogP contribution in [0.1, 0.15) is 28.9 Å². The van der Waals surface area contributed by atoms with E-state index in [1.165, 1.54) is 19.2 Å². The van der Waals surface area contributed by atoms with Gasteiger partial charge in [0.15, 0.2) is 9.84 Å². The number of sulfone groups is 1. The fourth-order valence-corrected chi connectivity index (χ4v) is 3.52. The third kappa shape index (κ3) is 5.30. The first-order chi connectivity index (χ1) is 12.4. The molecule has 0 aliphatic carbocycles. The summed E-state index contributed by atoms with van der Waals surface area (Å²) in [5.74, 6) is -0.316. The molecule has 2 rings (SSSR count). The van der Waals surface area contributed by atoms with Crippen molar-refractivity contribution in [3.8, 4) is 0 Å². The lowest BCUT2D eigenvalue weighted by Crippen LogP contribution is -2.27. The Morgan fingerprint density at radius 3 is 1.89 bits per heavy atom. The van der Waals surface area contributed by atoms with Crippen LogP contribution in [0.2, 0.25) is 0 Å². The molecule has 0 spiro atoms. The molecule has 1 amide bonds. The number of rotatable bonds is 6. The lowest BCUT2D eigenvalue weighted by molar-refractivity contribution is 0.0940. The van der Waals surface area contributed by atoms with E-state index in [1.54, 1.807) is 43.3 Å². The zero-order valence-electron chi connectivity index (χ0n) is 15.5. The SMILES string of the molecule is C[C@H](NC(=O)c1ccc(N(C)S(C)(=O)=O)cc1)c1ccc(S(C)(=O)=O)cc1. The van der Waals surface area contributed by atoms with Crippen molar-refractivity contribution >= 4 is 31.5 Å². The molecule has 0 heterocycles. The molecule has 0 aliphatic rings. The topological polar surface area (TPSA) is 101 Å². The Morgan fingerprint density at radius 1 is 0.926 bits per heavy atom. The lowest BCUT2D eigenvalue weighted by Gasteiger charge is -2.17. The Morgan fingerprint density at radius 2 is 1.44 bits per heavy atom. The number of carbonyl (C=O) groups is 1. The van der Waals surface area contributed by atoms with Crippen LogP contribution in [0.3, 0.4) is 0 Å². The van der Waals surface area contributed by atoms with Crippen molar-refractivity contribution in [2.75, 3.05) is 23.9 Å². The van der Waals surface area contributed by atoms with Gasteiger partial charge >= 0.3 is 0 Å². The van der Waals surface area contributed by atoms with E-state index >= 15 is 0 Å². The van der Waals surface area contributed by atoms with Crippen LogP contribution in [-0.4, -0.2) is 42.3 Å². The molecular formula is C18H22N2O5S2. The van der Waals surface area contributed by atoms with Gasteiger partial charge in [0.2, 0.25) is 10.0 Å². The maximum atomic E-state index is 12.4. The van der Waals surface area contributed by atoms with Gasteiger partial charge in [-0.05, 0) is 48.9 Å². The molecule has 2 aromatic rings. The summed E-state index contributed by atoms with van der Waals surface area (Å²) in [5, 5.41) is 2.83. The molecule has 0 unspecified atom stereocenters. The predicted molar refractivity (Wildman–Crippen MR) is 105 cm³/mol. The fraction of sp³-hybridized carbons (Fsp3) is 0.278.